The number of morpholine rings is 1. The van der Waals surface area contributed by atoms with Crippen LogP contribution in [0.15, 0.2) is 35.5 Å². The van der Waals surface area contributed by atoms with Crippen molar-refractivity contribution in [3.63, 3.8) is 0 Å². The van der Waals surface area contributed by atoms with E-state index in [-0.39, 0.29) is 17.3 Å². The van der Waals surface area contributed by atoms with Gasteiger partial charge in [-0.05, 0) is 31.0 Å². The molecule has 3 heterocycles. The van der Waals surface area contributed by atoms with Gasteiger partial charge in [0, 0.05) is 38.6 Å². The van der Waals surface area contributed by atoms with Gasteiger partial charge in [-0.15, -0.1) is 0 Å². The lowest BCUT2D eigenvalue weighted by atomic mass is 10.2. The number of alkyl halides is 2. The first-order valence-electron chi connectivity index (χ1n) is 9.97. The fourth-order valence-electron chi connectivity index (χ4n) is 3.82. The molecule has 0 spiro atoms. The molecule has 8 nitrogen and oxygen atoms in total. The Morgan fingerprint density at radius 2 is 1.87 bits per heavy atom. The van der Waals surface area contributed by atoms with Crippen LogP contribution in [0.2, 0.25) is 0 Å². The summed E-state index contributed by atoms with van der Waals surface area (Å²) in [5.41, 5.74) is 1.46. The van der Waals surface area contributed by atoms with Crippen LogP contribution in [-0.2, 0) is 21.3 Å². The lowest BCUT2D eigenvalue weighted by Crippen LogP contribution is -2.40. The second-order valence-corrected chi connectivity index (χ2v) is 9.21. The van der Waals surface area contributed by atoms with Crippen molar-refractivity contribution in [1.29, 1.82) is 0 Å². The Morgan fingerprint density at radius 3 is 2.57 bits per heavy atom. The maximum Gasteiger partial charge on any atom is 0.319 e. The number of ether oxygens (including phenoxy) is 1. The van der Waals surface area contributed by atoms with Crippen LogP contribution in [-0.4, -0.2) is 61.7 Å². The third kappa shape index (κ3) is 4.28. The average molecular weight is 442 g/mol. The molecular weight excluding hydrogens is 416 g/mol. The molecule has 0 bridgehead atoms. The second kappa shape index (κ2) is 8.86. The molecule has 30 heavy (non-hydrogen) atoms. The molecule has 1 aromatic heterocycles. The summed E-state index contributed by atoms with van der Waals surface area (Å²) in [5.74, 6) is 0.179. The minimum absolute atomic E-state index is 0.0548. The van der Waals surface area contributed by atoms with E-state index in [0.29, 0.717) is 32.0 Å². The Bertz CT molecular complexity index is 970. The topological polar surface area (TPSA) is 79.7 Å². The normalized spacial score (nSPS) is 18.3. The van der Waals surface area contributed by atoms with Gasteiger partial charge >= 0.3 is 6.55 Å². The predicted molar refractivity (Wildman–Crippen MR) is 108 cm³/mol. The molecule has 0 amide bonds. The van der Waals surface area contributed by atoms with Crippen molar-refractivity contribution in [3.8, 4) is 0 Å². The first-order chi connectivity index (χ1) is 14.5. The standard InChI is InChI=1S/C19H25F2N5O3S/c20-19(21)26-8-5-22-18(26)14-23-16-13-15(3-4-17(16)24-6-1-2-7-24)30(27,28)25-9-11-29-12-10-25/h3-5,8,13,19,23H,1-2,6-7,9-12,14H2. The Labute approximate surface area is 174 Å². The number of hydrogen-bond donors (Lipinski definition) is 1. The molecule has 2 saturated heterocycles. The van der Waals surface area contributed by atoms with E-state index in [4.69, 9.17) is 4.74 Å². The highest BCUT2D eigenvalue weighted by Crippen LogP contribution is 2.33. The van der Waals surface area contributed by atoms with Crippen LogP contribution < -0.4 is 10.2 Å². The maximum absolute atomic E-state index is 13.1. The summed E-state index contributed by atoms with van der Waals surface area (Å²) in [6, 6.07) is 5.00. The molecule has 0 aliphatic carbocycles. The highest BCUT2D eigenvalue weighted by Gasteiger charge is 2.28. The summed E-state index contributed by atoms with van der Waals surface area (Å²) < 4.78 is 59.8. The SMILES string of the molecule is O=S(=O)(c1ccc(N2CCCC2)c(NCc2nccn2C(F)F)c1)N1CCOCC1. The van der Waals surface area contributed by atoms with E-state index in [9.17, 15) is 17.2 Å². The van der Waals surface area contributed by atoms with Crippen LogP contribution in [0.1, 0.15) is 25.2 Å². The van der Waals surface area contributed by atoms with E-state index in [1.807, 2.05) is 0 Å². The van der Waals surface area contributed by atoms with Gasteiger partial charge in [0.2, 0.25) is 10.0 Å². The smallest absolute Gasteiger partial charge is 0.319 e. The van der Waals surface area contributed by atoms with Crippen molar-refractivity contribution in [3.05, 3.63) is 36.4 Å². The van der Waals surface area contributed by atoms with Gasteiger partial charge < -0.3 is 15.0 Å². The highest BCUT2D eigenvalue weighted by atomic mass is 32.2. The number of anilines is 2. The van der Waals surface area contributed by atoms with Gasteiger partial charge in [-0.25, -0.2) is 13.4 Å². The van der Waals surface area contributed by atoms with Crippen LogP contribution in [0.5, 0.6) is 0 Å². The van der Waals surface area contributed by atoms with Gasteiger partial charge in [0.15, 0.2) is 0 Å². The summed E-state index contributed by atoms with van der Waals surface area (Å²) in [6.45, 7) is 0.468. The van der Waals surface area contributed by atoms with Crippen molar-refractivity contribution in [2.45, 2.75) is 30.8 Å². The Kier molecular flexibility index (Phi) is 6.21. The van der Waals surface area contributed by atoms with E-state index >= 15 is 0 Å². The molecule has 0 radical (unpaired) electrons. The molecule has 0 unspecified atom stereocenters. The Morgan fingerprint density at radius 1 is 1.13 bits per heavy atom. The number of sulfonamides is 1. The Balaban J connectivity index is 1.63. The number of nitrogens with zero attached hydrogens (tertiary/aromatic N) is 4. The van der Waals surface area contributed by atoms with Crippen LogP contribution in [0.3, 0.4) is 0 Å². The first-order valence-corrected chi connectivity index (χ1v) is 11.4. The van der Waals surface area contributed by atoms with E-state index < -0.39 is 16.6 Å². The van der Waals surface area contributed by atoms with E-state index in [1.54, 1.807) is 18.2 Å². The quantitative estimate of drug-likeness (QED) is 0.711. The lowest BCUT2D eigenvalue weighted by molar-refractivity contribution is 0.0673. The number of halogens is 2. The van der Waals surface area contributed by atoms with Crippen LogP contribution in [0.4, 0.5) is 20.2 Å². The number of aromatic nitrogens is 2. The number of hydrogen-bond acceptors (Lipinski definition) is 6. The van der Waals surface area contributed by atoms with Crippen molar-refractivity contribution in [2.75, 3.05) is 49.6 Å². The Hall–Kier alpha value is -2.24. The lowest BCUT2D eigenvalue weighted by Gasteiger charge is -2.27. The van der Waals surface area contributed by atoms with E-state index in [0.717, 1.165) is 36.2 Å². The average Bonchev–Trinajstić information content (AvgIpc) is 3.45. The van der Waals surface area contributed by atoms with Crippen LogP contribution in [0, 0.1) is 0 Å². The summed E-state index contributed by atoms with van der Waals surface area (Å²) in [4.78, 5) is 6.34. The summed E-state index contributed by atoms with van der Waals surface area (Å²) in [6.07, 6.45) is 4.67. The molecule has 1 aromatic carbocycles. The second-order valence-electron chi connectivity index (χ2n) is 7.27. The third-order valence-electron chi connectivity index (χ3n) is 5.42. The fraction of sp³-hybridized carbons (Fsp3) is 0.526. The van der Waals surface area contributed by atoms with E-state index in [1.165, 1.54) is 16.7 Å². The largest absolute Gasteiger partial charge is 0.379 e. The first kappa shape index (κ1) is 21.0. The molecule has 0 saturated carbocycles. The maximum atomic E-state index is 13.1. The fourth-order valence-corrected chi connectivity index (χ4v) is 5.25. The number of imidazole rings is 1. The molecule has 2 aromatic rings. The zero-order chi connectivity index (χ0) is 21.1. The number of rotatable bonds is 7. The zero-order valence-electron chi connectivity index (χ0n) is 16.5. The highest BCUT2D eigenvalue weighted by molar-refractivity contribution is 7.89. The van der Waals surface area contributed by atoms with Crippen LogP contribution in [0.25, 0.3) is 0 Å². The molecule has 2 aliphatic rings. The molecular formula is C19H25F2N5O3S. The summed E-state index contributed by atoms with van der Waals surface area (Å²) in [7, 11) is -3.66. The molecule has 164 valence electrons. The summed E-state index contributed by atoms with van der Waals surface area (Å²) in [5, 5.41) is 3.14. The molecule has 2 fully saturated rings. The predicted octanol–water partition coefficient (Wildman–Crippen LogP) is 2.51. The van der Waals surface area contributed by atoms with Gasteiger partial charge in [-0.1, -0.05) is 0 Å². The van der Waals surface area contributed by atoms with Gasteiger partial charge in [0.1, 0.15) is 5.82 Å². The molecule has 11 heteroatoms. The number of nitrogens with one attached hydrogen (secondary N) is 1. The molecule has 4 rings (SSSR count). The molecule has 2 aliphatic heterocycles. The van der Waals surface area contributed by atoms with Crippen molar-refractivity contribution in [1.82, 2.24) is 13.9 Å². The van der Waals surface area contributed by atoms with Gasteiger partial charge in [0.25, 0.3) is 0 Å². The summed E-state index contributed by atoms with van der Waals surface area (Å²) >= 11 is 0. The molecule has 1 N–H and O–H groups in total. The monoisotopic (exact) mass is 441 g/mol. The van der Waals surface area contributed by atoms with Gasteiger partial charge in [-0.2, -0.15) is 13.1 Å². The van der Waals surface area contributed by atoms with Gasteiger partial charge in [0.05, 0.1) is 36.0 Å². The van der Waals surface area contributed by atoms with Crippen molar-refractivity contribution in [2.24, 2.45) is 0 Å². The van der Waals surface area contributed by atoms with Crippen molar-refractivity contribution >= 4 is 21.4 Å². The van der Waals surface area contributed by atoms with Crippen LogP contribution >= 0.6 is 0 Å². The van der Waals surface area contributed by atoms with E-state index in [2.05, 4.69) is 15.2 Å². The number of benzene rings is 1. The molecule has 0 atom stereocenters. The van der Waals surface area contributed by atoms with Gasteiger partial charge in [-0.3, -0.25) is 4.57 Å². The third-order valence-corrected chi connectivity index (χ3v) is 7.31. The van der Waals surface area contributed by atoms with Crippen molar-refractivity contribution < 1.29 is 21.9 Å². The minimum atomic E-state index is -3.66. The minimum Gasteiger partial charge on any atom is -0.379 e. The zero-order valence-corrected chi connectivity index (χ0v) is 17.3.